The van der Waals surface area contributed by atoms with Crippen LogP contribution in [0.3, 0.4) is 0 Å². The van der Waals surface area contributed by atoms with Crippen LogP contribution in [0.4, 0.5) is 5.69 Å². The first-order valence-electron chi connectivity index (χ1n) is 5.86. The summed E-state index contributed by atoms with van der Waals surface area (Å²) < 4.78 is 4.95. The Morgan fingerprint density at radius 2 is 1.94 bits per heavy atom. The summed E-state index contributed by atoms with van der Waals surface area (Å²) in [6.45, 7) is 6.83. The molecule has 17 heavy (non-hydrogen) atoms. The van der Waals surface area contributed by atoms with Crippen molar-refractivity contribution in [1.82, 2.24) is 0 Å². The Labute approximate surface area is 103 Å². The monoisotopic (exact) mass is 233 g/mol. The maximum atomic E-state index is 11.5. The Morgan fingerprint density at radius 3 is 2.47 bits per heavy atom. The highest BCUT2D eigenvalue weighted by molar-refractivity contribution is 5.88. The lowest BCUT2D eigenvalue weighted by Crippen LogP contribution is -2.17. The normalized spacial score (nSPS) is 11.1. The minimum Gasteiger partial charge on any atom is -0.463 e. The Hall–Kier alpha value is -1.77. The standard InChI is InChI=1S/C14H19NO2/c1-4-15(13-9-7-6-8-10-13)11-12(3)14(16)17-5-2/h6-11H,4-5H2,1-3H3. The molecule has 0 radical (unpaired) electrons. The summed E-state index contributed by atoms with van der Waals surface area (Å²) in [5.41, 5.74) is 1.68. The Kier molecular flexibility index (Phi) is 5.27. The molecule has 0 aromatic heterocycles. The molecule has 0 aliphatic carbocycles. The van der Waals surface area contributed by atoms with E-state index in [-0.39, 0.29) is 5.97 Å². The van der Waals surface area contributed by atoms with Gasteiger partial charge in [-0.05, 0) is 32.9 Å². The topological polar surface area (TPSA) is 29.5 Å². The van der Waals surface area contributed by atoms with Gasteiger partial charge in [-0.1, -0.05) is 18.2 Å². The van der Waals surface area contributed by atoms with E-state index in [1.807, 2.05) is 48.4 Å². The summed E-state index contributed by atoms with van der Waals surface area (Å²) in [5, 5.41) is 0. The largest absolute Gasteiger partial charge is 0.463 e. The van der Waals surface area contributed by atoms with E-state index in [9.17, 15) is 4.79 Å². The Morgan fingerprint density at radius 1 is 1.29 bits per heavy atom. The van der Waals surface area contributed by atoms with Gasteiger partial charge in [0, 0.05) is 18.4 Å². The summed E-state index contributed by atoms with van der Waals surface area (Å²) in [4.78, 5) is 13.5. The molecule has 0 aliphatic rings. The van der Waals surface area contributed by atoms with E-state index >= 15 is 0 Å². The number of anilines is 1. The van der Waals surface area contributed by atoms with E-state index in [0.29, 0.717) is 12.2 Å². The fourth-order valence-corrected chi connectivity index (χ4v) is 1.50. The highest BCUT2D eigenvalue weighted by Crippen LogP contribution is 2.14. The van der Waals surface area contributed by atoms with Gasteiger partial charge in [0.1, 0.15) is 0 Å². The van der Waals surface area contributed by atoms with Gasteiger partial charge in [0.2, 0.25) is 0 Å². The molecule has 1 aromatic carbocycles. The van der Waals surface area contributed by atoms with Crippen LogP contribution in [0.1, 0.15) is 20.8 Å². The second kappa shape index (κ2) is 6.74. The number of esters is 1. The van der Waals surface area contributed by atoms with E-state index in [4.69, 9.17) is 4.74 Å². The predicted octanol–water partition coefficient (Wildman–Crippen LogP) is 2.98. The van der Waals surface area contributed by atoms with Crippen LogP contribution in [-0.2, 0) is 9.53 Å². The Bertz CT molecular complexity index is 384. The molecule has 3 heteroatoms. The molecule has 0 unspecified atom stereocenters. The number of carbonyl (C=O) groups is 1. The van der Waals surface area contributed by atoms with Crippen LogP contribution in [0.15, 0.2) is 42.1 Å². The Balaban J connectivity index is 2.82. The van der Waals surface area contributed by atoms with E-state index in [1.54, 1.807) is 13.8 Å². The number of hydrogen-bond donors (Lipinski definition) is 0. The molecule has 0 N–H and O–H groups in total. The first kappa shape index (κ1) is 13.3. The van der Waals surface area contributed by atoms with Gasteiger partial charge in [0.25, 0.3) is 0 Å². The molecule has 92 valence electrons. The van der Waals surface area contributed by atoms with E-state index < -0.39 is 0 Å². The number of nitrogens with zero attached hydrogens (tertiary/aromatic N) is 1. The average Bonchev–Trinajstić information content (AvgIpc) is 2.37. The van der Waals surface area contributed by atoms with E-state index in [1.165, 1.54) is 0 Å². The molecule has 0 bridgehead atoms. The molecule has 0 atom stereocenters. The minimum atomic E-state index is -0.262. The van der Waals surface area contributed by atoms with Gasteiger partial charge in [-0.3, -0.25) is 0 Å². The second-order valence-electron chi connectivity index (χ2n) is 3.65. The highest BCUT2D eigenvalue weighted by atomic mass is 16.5. The predicted molar refractivity (Wildman–Crippen MR) is 69.9 cm³/mol. The number of carbonyl (C=O) groups excluding carboxylic acids is 1. The molecule has 0 saturated carbocycles. The van der Waals surface area contributed by atoms with Gasteiger partial charge in [0.15, 0.2) is 0 Å². The summed E-state index contributed by atoms with van der Waals surface area (Å²) in [6.07, 6.45) is 1.83. The van der Waals surface area contributed by atoms with Crippen LogP contribution in [-0.4, -0.2) is 19.1 Å². The third-order valence-corrected chi connectivity index (χ3v) is 2.38. The van der Waals surface area contributed by atoms with Crippen LogP contribution < -0.4 is 4.90 Å². The zero-order valence-electron chi connectivity index (χ0n) is 10.6. The van der Waals surface area contributed by atoms with Gasteiger partial charge in [-0.25, -0.2) is 4.79 Å². The molecule has 0 amide bonds. The molecule has 3 nitrogen and oxygen atoms in total. The lowest BCUT2D eigenvalue weighted by molar-refractivity contribution is -0.138. The molecule has 0 spiro atoms. The fourth-order valence-electron chi connectivity index (χ4n) is 1.50. The maximum absolute atomic E-state index is 11.5. The number of benzene rings is 1. The molecule has 1 rings (SSSR count). The molecule has 0 saturated heterocycles. The molecule has 0 aliphatic heterocycles. The van der Waals surface area contributed by atoms with Gasteiger partial charge >= 0.3 is 5.97 Å². The molecule has 1 aromatic rings. The van der Waals surface area contributed by atoms with Crippen LogP contribution in [0.2, 0.25) is 0 Å². The van der Waals surface area contributed by atoms with Crippen LogP contribution in [0, 0.1) is 0 Å². The number of ether oxygens (including phenoxy) is 1. The van der Waals surface area contributed by atoms with Gasteiger partial charge in [0.05, 0.1) is 12.2 Å². The first-order chi connectivity index (χ1) is 8.19. The number of rotatable bonds is 5. The fraction of sp³-hybridized carbons (Fsp3) is 0.357. The molecular formula is C14H19NO2. The van der Waals surface area contributed by atoms with E-state index in [0.717, 1.165) is 12.2 Å². The quantitative estimate of drug-likeness (QED) is 0.578. The van der Waals surface area contributed by atoms with Crippen molar-refractivity contribution >= 4 is 11.7 Å². The van der Waals surface area contributed by atoms with E-state index in [2.05, 4.69) is 0 Å². The average molecular weight is 233 g/mol. The smallest absolute Gasteiger partial charge is 0.335 e. The van der Waals surface area contributed by atoms with Gasteiger partial charge in [-0.2, -0.15) is 0 Å². The second-order valence-corrected chi connectivity index (χ2v) is 3.65. The van der Waals surface area contributed by atoms with Crippen molar-refractivity contribution in [2.24, 2.45) is 0 Å². The summed E-state index contributed by atoms with van der Waals surface area (Å²) >= 11 is 0. The van der Waals surface area contributed by atoms with Crippen molar-refractivity contribution in [3.63, 3.8) is 0 Å². The van der Waals surface area contributed by atoms with Crippen LogP contribution in [0.25, 0.3) is 0 Å². The van der Waals surface area contributed by atoms with Crippen LogP contribution >= 0.6 is 0 Å². The number of para-hydroxylation sites is 1. The summed E-state index contributed by atoms with van der Waals surface area (Å²) in [6, 6.07) is 9.95. The SMILES string of the molecule is CCOC(=O)C(C)=CN(CC)c1ccccc1. The third kappa shape index (κ3) is 3.94. The first-order valence-corrected chi connectivity index (χ1v) is 5.86. The van der Waals surface area contributed by atoms with Gasteiger partial charge < -0.3 is 9.64 Å². The van der Waals surface area contributed by atoms with Crippen molar-refractivity contribution in [2.45, 2.75) is 20.8 Å². The highest BCUT2D eigenvalue weighted by Gasteiger charge is 2.07. The summed E-state index contributed by atoms with van der Waals surface area (Å²) in [7, 11) is 0. The van der Waals surface area contributed by atoms with Crippen LogP contribution in [0.5, 0.6) is 0 Å². The van der Waals surface area contributed by atoms with Crippen molar-refractivity contribution < 1.29 is 9.53 Å². The lowest BCUT2D eigenvalue weighted by Gasteiger charge is -2.19. The molecule has 0 fully saturated rings. The van der Waals surface area contributed by atoms with Crippen molar-refractivity contribution in [3.05, 3.63) is 42.1 Å². The lowest BCUT2D eigenvalue weighted by atomic mass is 10.2. The van der Waals surface area contributed by atoms with Crippen molar-refractivity contribution in [3.8, 4) is 0 Å². The zero-order chi connectivity index (χ0) is 12.7. The minimum absolute atomic E-state index is 0.262. The van der Waals surface area contributed by atoms with Gasteiger partial charge in [-0.15, -0.1) is 0 Å². The molecular weight excluding hydrogens is 214 g/mol. The third-order valence-electron chi connectivity index (χ3n) is 2.38. The molecule has 0 heterocycles. The van der Waals surface area contributed by atoms with Crippen molar-refractivity contribution in [1.29, 1.82) is 0 Å². The zero-order valence-corrected chi connectivity index (χ0v) is 10.6. The van der Waals surface area contributed by atoms with Crippen molar-refractivity contribution in [2.75, 3.05) is 18.1 Å². The maximum Gasteiger partial charge on any atom is 0.335 e. The summed E-state index contributed by atoms with van der Waals surface area (Å²) in [5.74, 6) is -0.262. The number of hydrogen-bond acceptors (Lipinski definition) is 3.